The van der Waals surface area contributed by atoms with Gasteiger partial charge in [0.2, 0.25) is 0 Å². The lowest BCUT2D eigenvalue weighted by Gasteiger charge is -2.26. The Balaban J connectivity index is 1.62. The van der Waals surface area contributed by atoms with Gasteiger partial charge in [0, 0.05) is 10.0 Å². The first-order valence-electron chi connectivity index (χ1n) is 9.33. The topological polar surface area (TPSA) is 106 Å². The third-order valence-electron chi connectivity index (χ3n) is 4.67. The highest BCUT2D eigenvalue weighted by molar-refractivity contribution is 9.10. The lowest BCUT2D eigenvalue weighted by Crippen LogP contribution is -2.54. The van der Waals surface area contributed by atoms with Crippen LogP contribution >= 0.6 is 15.9 Å². The highest BCUT2D eigenvalue weighted by Crippen LogP contribution is 2.27. The van der Waals surface area contributed by atoms with E-state index in [2.05, 4.69) is 26.0 Å². The molecule has 0 unspecified atom stereocenters. The molecule has 8 nitrogen and oxygen atoms in total. The Bertz CT molecular complexity index is 1280. The van der Waals surface area contributed by atoms with Crippen LogP contribution in [0.3, 0.4) is 0 Å². The average molecular weight is 495 g/mol. The molecule has 0 atom stereocenters. The molecule has 3 aromatic rings. The van der Waals surface area contributed by atoms with E-state index in [4.69, 9.17) is 4.42 Å². The van der Waals surface area contributed by atoms with Gasteiger partial charge >= 0.3 is 12.0 Å². The number of carbonyl (C=O) groups excluding carboxylic acids is 4. The third-order valence-corrected chi connectivity index (χ3v) is 5.17. The molecule has 32 heavy (non-hydrogen) atoms. The quantitative estimate of drug-likeness (QED) is 0.331. The molecule has 0 radical (unpaired) electrons. The lowest BCUT2D eigenvalue weighted by atomic mass is 10.1. The number of anilines is 1. The van der Waals surface area contributed by atoms with Crippen molar-refractivity contribution in [1.82, 2.24) is 5.32 Å². The number of barbiturate groups is 1. The normalized spacial score (nSPS) is 15.1. The standard InChI is InChI=1S/C23H15BrN2O6/c1-31-22(29)14-7-5-13(6-8-14)19-10-9-17(32-19)12-18-20(27)25-23(30)26(21(18)28)16-4-2-3-15(24)11-16/h2-12H,1H3,(H,25,27,30)/b18-12+. The Morgan fingerprint density at radius 3 is 2.50 bits per heavy atom. The van der Waals surface area contributed by atoms with E-state index in [-0.39, 0.29) is 11.3 Å². The zero-order chi connectivity index (χ0) is 22.8. The summed E-state index contributed by atoms with van der Waals surface area (Å²) in [6, 6.07) is 15.6. The van der Waals surface area contributed by atoms with Crippen LogP contribution in [0.25, 0.3) is 17.4 Å². The van der Waals surface area contributed by atoms with E-state index in [9.17, 15) is 19.2 Å². The van der Waals surface area contributed by atoms with Gasteiger partial charge in [0.05, 0.1) is 18.4 Å². The molecule has 1 fully saturated rings. The van der Waals surface area contributed by atoms with Crippen molar-refractivity contribution < 1.29 is 28.3 Å². The van der Waals surface area contributed by atoms with Crippen LogP contribution in [0.4, 0.5) is 10.5 Å². The van der Waals surface area contributed by atoms with Crippen molar-refractivity contribution >= 4 is 51.5 Å². The number of halogens is 1. The van der Waals surface area contributed by atoms with Gasteiger partial charge in [0.15, 0.2) is 0 Å². The summed E-state index contributed by atoms with van der Waals surface area (Å²) in [4.78, 5) is 50.0. The van der Waals surface area contributed by atoms with Gasteiger partial charge in [-0.1, -0.05) is 34.1 Å². The molecule has 2 heterocycles. The number of methoxy groups -OCH3 is 1. The van der Waals surface area contributed by atoms with Crippen LogP contribution in [0.15, 0.2) is 75.1 Å². The molecule has 0 saturated carbocycles. The molecule has 4 amide bonds. The zero-order valence-corrected chi connectivity index (χ0v) is 18.2. The maximum Gasteiger partial charge on any atom is 0.337 e. The highest BCUT2D eigenvalue weighted by atomic mass is 79.9. The summed E-state index contributed by atoms with van der Waals surface area (Å²) in [5.74, 6) is -1.31. The zero-order valence-electron chi connectivity index (χ0n) is 16.6. The molecular weight excluding hydrogens is 480 g/mol. The molecule has 9 heteroatoms. The Labute approximate surface area is 190 Å². The fourth-order valence-corrected chi connectivity index (χ4v) is 3.51. The monoisotopic (exact) mass is 494 g/mol. The number of nitrogens with zero attached hydrogens (tertiary/aromatic N) is 1. The molecule has 1 saturated heterocycles. The minimum Gasteiger partial charge on any atom is -0.465 e. The molecule has 0 bridgehead atoms. The van der Waals surface area contributed by atoms with Crippen LogP contribution in [0.5, 0.6) is 0 Å². The molecular formula is C23H15BrN2O6. The summed E-state index contributed by atoms with van der Waals surface area (Å²) in [5.41, 5.74) is 1.15. The van der Waals surface area contributed by atoms with Gasteiger partial charge < -0.3 is 9.15 Å². The Hall–Kier alpha value is -3.98. The van der Waals surface area contributed by atoms with Crippen molar-refractivity contribution in [2.24, 2.45) is 0 Å². The fraction of sp³-hybridized carbons (Fsp3) is 0.0435. The number of ether oxygens (including phenoxy) is 1. The van der Waals surface area contributed by atoms with Gasteiger partial charge in [0.25, 0.3) is 11.8 Å². The Morgan fingerprint density at radius 1 is 1.06 bits per heavy atom. The number of urea groups is 1. The van der Waals surface area contributed by atoms with E-state index in [1.54, 1.807) is 60.7 Å². The minimum atomic E-state index is -0.832. The number of hydrogen-bond acceptors (Lipinski definition) is 6. The second-order valence-electron chi connectivity index (χ2n) is 6.71. The summed E-state index contributed by atoms with van der Waals surface area (Å²) < 4.78 is 11.1. The second kappa shape index (κ2) is 8.64. The summed E-state index contributed by atoms with van der Waals surface area (Å²) in [5, 5.41) is 2.17. The Morgan fingerprint density at radius 2 is 1.81 bits per heavy atom. The summed E-state index contributed by atoms with van der Waals surface area (Å²) in [6.45, 7) is 0. The number of esters is 1. The number of amides is 4. The Kier molecular flexibility index (Phi) is 5.74. The van der Waals surface area contributed by atoms with E-state index >= 15 is 0 Å². The maximum atomic E-state index is 12.9. The van der Waals surface area contributed by atoms with E-state index in [1.807, 2.05) is 0 Å². The van der Waals surface area contributed by atoms with Gasteiger partial charge in [-0.05, 0) is 48.5 Å². The number of benzene rings is 2. The van der Waals surface area contributed by atoms with Crippen LogP contribution < -0.4 is 10.2 Å². The van der Waals surface area contributed by atoms with Crippen molar-refractivity contribution in [3.8, 4) is 11.3 Å². The van der Waals surface area contributed by atoms with E-state index in [1.165, 1.54) is 13.2 Å². The molecule has 0 aliphatic carbocycles. The number of rotatable bonds is 4. The van der Waals surface area contributed by atoms with Crippen LogP contribution in [0, 0.1) is 0 Å². The first kappa shape index (κ1) is 21.3. The van der Waals surface area contributed by atoms with Crippen LogP contribution in [0.1, 0.15) is 16.1 Å². The summed E-state index contributed by atoms with van der Waals surface area (Å²) in [6.07, 6.45) is 1.28. The largest absolute Gasteiger partial charge is 0.465 e. The van der Waals surface area contributed by atoms with Crippen molar-refractivity contribution in [3.05, 3.63) is 82.0 Å². The minimum absolute atomic E-state index is 0.244. The van der Waals surface area contributed by atoms with Crippen molar-refractivity contribution in [1.29, 1.82) is 0 Å². The molecule has 1 N–H and O–H groups in total. The molecule has 4 rings (SSSR count). The first-order chi connectivity index (χ1) is 15.4. The van der Waals surface area contributed by atoms with Gasteiger partial charge in [-0.15, -0.1) is 0 Å². The lowest BCUT2D eigenvalue weighted by molar-refractivity contribution is -0.122. The number of carbonyl (C=O) groups is 4. The number of furan rings is 1. The van der Waals surface area contributed by atoms with Gasteiger partial charge in [-0.2, -0.15) is 0 Å². The third kappa shape index (κ3) is 4.10. The van der Waals surface area contributed by atoms with Crippen molar-refractivity contribution in [2.45, 2.75) is 0 Å². The van der Waals surface area contributed by atoms with Crippen LogP contribution in [-0.4, -0.2) is 30.9 Å². The van der Waals surface area contributed by atoms with Crippen LogP contribution in [0.2, 0.25) is 0 Å². The fourth-order valence-electron chi connectivity index (χ4n) is 3.12. The molecule has 0 spiro atoms. The van der Waals surface area contributed by atoms with Crippen LogP contribution in [-0.2, 0) is 14.3 Å². The smallest absolute Gasteiger partial charge is 0.337 e. The van der Waals surface area contributed by atoms with E-state index < -0.39 is 23.8 Å². The number of nitrogens with one attached hydrogen (secondary N) is 1. The molecule has 2 aromatic carbocycles. The van der Waals surface area contributed by atoms with Gasteiger partial charge in [-0.3, -0.25) is 14.9 Å². The first-order valence-corrected chi connectivity index (χ1v) is 10.1. The molecule has 160 valence electrons. The number of hydrogen-bond donors (Lipinski definition) is 1. The molecule has 1 aliphatic heterocycles. The average Bonchev–Trinajstić information content (AvgIpc) is 3.25. The molecule has 1 aromatic heterocycles. The van der Waals surface area contributed by atoms with E-state index in [0.717, 1.165) is 4.90 Å². The highest BCUT2D eigenvalue weighted by Gasteiger charge is 2.37. The SMILES string of the molecule is COC(=O)c1ccc(-c2ccc(/C=C3\C(=O)NC(=O)N(c4cccc(Br)c4)C3=O)o2)cc1. The maximum absolute atomic E-state index is 12.9. The van der Waals surface area contributed by atoms with Gasteiger partial charge in [0.1, 0.15) is 17.1 Å². The summed E-state index contributed by atoms with van der Waals surface area (Å²) >= 11 is 3.30. The second-order valence-corrected chi connectivity index (χ2v) is 7.62. The van der Waals surface area contributed by atoms with E-state index in [0.29, 0.717) is 27.0 Å². The van der Waals surface area contributed by atoms with Gasteiger partial charge in [-0.25, -0.2) is 14.5 Å². The molecule has 1 aliphatic rings. The van der Waals surface area contributed by atoms with Crippen molar-refractivity contribution in [2.75, 3.05) is 12.0 Å². The van der Waals surface area contributed by atoms with Crippen molar-refractivity contribution in [3.63, 3.8) is 0 Å². The predicted octanol–water partition coefficient (Wildman–Crippen LogP) is 4.16. The number of imide groups is 2. The summed E-state index contributed by atoms with van der Waals surface area (Å²) in [7, 11) is 1.30. The predicted molar refractivity (Wildman–Crippen MR) is 119 cm³/mol.